The van der Waals surface area contributed by atoms with Crippen LogP contribution in [0.2, 0.25) is 0 Å². The summed E-state index contributed by atoms with van der Waals surface area (Å²) in [5.41, 5.74) is 1.14. The van der Waals surface area contributed by atoms with E-state index in [1.807, 2.05) is 18.0 Å². The lowest BCUT2D eigenvalue weighted by molar-refractivity contribution is 0.346. The molecule has 0 N–H and O–H groups in total. The van der Waals surface area contributed by atoms with Gasteiger partial charge in [-0.1, -0.05) is 0 Å². The van der Waals surface area contributed by atoms with Gasteiger partial charge in [0.15, 0.2) is 0 Å². The molecule has 1 saturated heterocycles. The monoisotopic (exact) mass is 247 g/mol. The number of rotatable bonds is 4. The van der Waals surface area contributed by atoms with Crippen molar-refractivity contribution in [1.29, 1.82) is 5.26 Å². The fourth-order valence-electron chi connectivity index (χ4n) is 2.29. The number of anilines is 1. The molecule has 0 aromatic heterocycles. The number of likely N-dealkylation sites (tertiary alicyclic amines) is 1. The maximum absolute atomic E-state index is 13.3. The number of likely N-dealkylation sites (N-methyl/N-ethyl adjacent to an activating group) is 1. The van der Waals surface area contributed by atoms with E-state index < -0.39 is 0 Å². The zero-order chi connectivity index (χ0) is 13.0. The largest absolute Gasteiger partial charge is 0.373 e. The van der Waals surface area contributed by atoms with E-state index in [9.17, 15) is 4.39 Å². The van der Waals surface area contributed by atoms with E-state index >= 15 is 0 Å². The van der Waals surface area contributed by atoms with E-state index in [1.54, 1.807) is 6.07 Å². The summed E-state index contributed by atoms with van der Waals surface area (Å²) in [5, 5.41) is 8.83. The summed E-state index contributed by atoms with van der Waals surface area (Å²) in [6.45, 7) is 4.18. The minimum atomic E-state index is -0.350. The molecule has 1 heterocycles. The molecule has 0 radical (unpaired) electrons. The molecule has 1 aromatic rings. The molecule has 0 amide bonds. The molecule has 1 fully saturated rings. The first-order valence-electron chi connectivity index (χ1n) is 6.33. The van der Waals surface area contributed by atoms with Gasteiger partial charge in [0, 0.05) is 25.8 Å². The summed E-state index contributed by atoms with van der Waals surface area (Å²) in [7, 11) is 1.94. The molecule has 18 heavy (non-hydrogen) atoms. The standard InChI is InChI=1S/C14H18FN3/c1-17(6-7-18-4-2-3-5-18)14-9-12(11-16)8-13(15)10-14/h8-10H,2-7H2,1H3. The zero-order valence-electron chi connectivity index (χ0n) is 10.7. The van der Waals surface area contributed by atoms with E-state index in [4.69, 9.17) is 5.26 Å². The second-order valence-electron chi connectivity index (χ2n) is 4.78. The van der Waals surface area contributed by atoms with Crippen molar-refractivity contribution in [2.75, 3.05) is 38.1 Å². The predicted octanol–water partition coefficient (Wildman–Crippen LogP) is 2.23. The SMILES string of the molecule is CN(CCN1CCCC1)c1cc(F)cc(C#N)c1. The van der Waals surface area contributed by atoms with Crippen molar-refractivity contribution < 1.29 is 4.39 Å². The average Bonchev–Trinajstić information content (AvgIpc) is 2.88. The highest BCUT2D eigenvalue weighted by Gasteiger charge is 2.12. The van der Waals surface area contributed by atoms with Crippen molar-refractivity contribution in [2.45, 2.75) is 12.8 Å². The maximum Gasteiger partial charge on any atom is 0.126 e. The Labute approximate surface area is 107 Å². The quantitative estimate of drug-likeness (QED) is 0.817. The average molecular weight is 247 g/mol. The van der Waals surface area contributed by atoms with Crippen LogP contribution in [0, 0.1) is 17.1 Å². The number of hydrogen-bond donors (Lipinski definition) is 0. The van der Waals surface area contributed by atoms with Gasteiger partial charge in [-0.25, -0.2) is 4.39 Å². The van der Waals surface area contributed by atoms with Gasteiger partial charge < -0.3 is 9.80 Å². The molecule has 0 atom stereocenters. The Morgan fingerprint density at radius 2 is 2.06 bits per heavy atom. The summed E-state index contributed by atoms with van der Waals surface area (Å²) in [5.74, 6) is -0.350. The van der Waals surface area contributed by atoms with Gasteiger partial charge in [0.1, 0.15) is 5.82 Å². The smallest absolute Gasteiger partial charge is 0.126 e. The molecule has 96 valence electrons. The molecular weight excluding hydrogens is 229 g/mol. The Hall–Kier alpha value is -1.60. The number of hydrogen-bond acceptors (Lipinski definition) is 3. The molecular formula is C14H18FN3. The third-order valence-corrected chi connectivity index (χ3v) is 3.40. The van der Waals surface area contributed by atoms with Crippen LogP contribution in [0.1, 0.15) is 18.4 Å². The Morgan fingerprint density at radius 1 is 1.33 bits per heavy atom. The second kappa shape index (κ2) is 5.83. The third-order valence-electron chi connectivity index (χ3n) is 3.40. The van der Waals surface area contributed by atoms with E-state index in [0.29, 0.717) is 5.56 Å². The van der Waals surface area contributed by atoms with Crippen molar-refractivity contribution in [3.63, 3.8) is 0 Å². The molecule has 2 rings (SSSR count). The van der Waals surface area contributed by atoms with Gasteiger partial charge in [0.05, 0.1) is 11.6 Å². The van der Waals surface area contributed by atoms with Gasteiger partial charge in [-0.05, 0) is 44.1 Å². The first-order chi connectivity index (χ1) is 8.69. The molecule has 1 aromatic carbocycles. The lowest BCUT2D eigenvalue weighted by Crippen LogP contribution is -2.31. The lowest BCUT2D eigenvalue weighted by Gasteiger charge is -2.23. The van der Waals surface area contributed by atoms with Gasteiger partial charge in [-0.3, -0.25) is 0 Å². The molecule has 0 unspecified atom stereocenters. The van der Waals surface area contributed by atoms with Crippen molar-refractivity contribution in [2.24, 2.45) is 0 Å². The van der Waals surface area contributed by atoms with Crippen molar-refractivity contribution in [3.05, 3.63) is 29.6 Å². The van der Waals surface area contributed by atoms with Gasteiger partial charge in [-0.15, -0.1) is 0 Å². The fourth-order valence-corrected chi connectivity index (χ4v) is 2.29. The molecule has 1 aliphatic rings. The zero-order valence-corrected chi connectivity index (χ0v) is 10.7. The lowest BCUT2D eigenvalue weighted by atomic mass is 10.2. The minimum Gasteiger partial charge on any atom is -0.373 e. The number of benzene rings is 1. The summed E-state index contributed by atoms with van der Waals surface area (Å²) < 4.78 is 13.3. The Balaban J connectivity index is 1.97. The van der Waals surface area contributed by atoms with Gasteiger partial charge >= 0.3 is 0 Å². The first-order valence-corrected chi connectivity index (χ1v) is 6.33. The Morgan fingerprint density at radius 3 is 2.72 bits per heavy atom. The van der Waals surface area contributed by atoms with Crippen LogP contribution in [0.4, 0.5) is 10.1 Å². The second-order valence-corrected chi connectivity index (χ2v) is 4.78. The molecule has 0 aliphatic carbocycles. The van der Waals surface area contributed by atoms with Gasteiger partial charge in [0.25, 0.3) is 0 Å². The Kier molecular flexibility index (Phi) is 4.16. The van der Waals surface area contributed by atoms with E-state index in [1.165, 1.54) is 38.1 Å². The van der Waals surface area contributed by atoms with E-state index in [-0.39, 0.29) is 5.82 Å². The topological polar surface area (TPSA) is 30.3 Å². The number of nitriles is 1. The number of nitrogens with zero attached hydrogens (tertiary/aromatic N) is 3. The summed E-state index contributed by atoms with van der Waals surface area (Å²) in [6, 6.07) is 6.45. The van der Waals surface area contributed by atoms with Crippen LogP contribution in [-0.4, -0.2) is 38.1 Å². The number of halogens is 1. The van der Waals surface area contributed by atoms with Crippen LogP contribution in [0.25, 0.3) is 0 Å². The van der Waals surface area contributed by atoms with Crippen LogP contribution >= 0.6 is 0 Å². The van der Waals surface area contributed by atoms with Crippen LogP contribution in [-0.2, 0) is 0 Å². The highest BCUT2D eigenvalue weighted by molar-refractivity contribution is 5.51. The Bertz CT molecular complexity index is 447. The summed E-state index contributed by atoms with van der Waals surface area (Å²) in [4.78, 5) is 4.42. The summed E-state index contributed by atoms with van der Waals surface area (Å²) >= 11 is 0. The van der Waals surface area contributed by atoms with E-state index in [0.717, 1.165) is 18.8 Å². The van der Waals surface area contributed by atoms with Crippen molar-refractivity contribution >= 4 is 5.69 Å². The van der Waals surface area contributed by atoms with Crippen LogP contribution in [0.3, 0.4) is 0 Å². The van der Waals surface area contributed by atoms with Crippen molar-refractivity contribution in [1.82, 2.24) is 4.90 Å². The van der Waals surface area contributed by atoms with E-state index in [2.05, 4.69) is 4.90 Å². The van der Waals surface area contributed by atoms with Gasteiger partial charge in [0.2, 0.25) is 0 Å². The molecule has 1 aliphatic heterocycles. The molecule has 3 nitrogen and oxygen atoms in total. The molecule has 4 heteroatoms. The highest BCUT2D eigenvalue weighted by atomic mass is 19.1. The fraction of sp³-hybridized carbons (Fsp3) is 0.500. The normalized spacial score (nSPS) is 15.6. The minimum absolute atomic E-state index is 0.350. The van der Waals surface area contributed by atoms with Gasteiger partial charge in [-0.2, -0.15) is 5.26 Å². The molecule has 0 bridgehead atoms. The van der Waals surface area contributed by atoms with Crippen molar-refractivity contribution in [3.8, 4) is 6.07 Å². The van der Waals surface area contributed by atoms with Crippen LogP contribution in [0.15, 0.2) is 18.2 Å². The third kappa shape index (κ3) is 3.21. The highest BCUT2D eigenvalue weighted by Crippen LogP contribution is 2.17. The maximum atomic E-state index is 13.3. The van der Waals surface area contributed by atoms with Crippen LogP contribution in [0.5, 0.6) is 0 Å². The predicted molar refractivity (Wildman–Crippen MR) is 70.1 cm³/mol. The molecule has 0 saturated carbocycles. The van der Waals surface area contributed by atoms with Crippen LogP contribution < -0.4 is 4.90 Å². The molecule has 0 spiro atoms. The summed E-state index contributed by atoms with van der Waals surface area (Å²) in [6.07, 6.45) is 2.56. The first kappa shape index (κ1) is 12.8.